The molecule has 2 aliphatic carbocycles. The number of sulfone groups is 1. The van der Waals surface area contributed by atoms with Crippen molar-refractivity contribution in [2.45, 2.75) is 43.0 Å². The van der Waals surface area contributed by atoms with Crippen LogP contribution < -0.4 is 0 Å². The molecule has 2 aliphatic heterocycles. The van der Waals surface area contributed by atoms with Crippen LogP contribution in [0.15, 0.2) is 23.1 Å². The van der Waals surface area contributed by atoms with Crippen LogP contribution in [0.3, 0.4) is 0 Å². The quantitative estimate of drug-likeness (QED) is 0.595. The Bertz CT molecular complexity index is 868. The molecule has 4 aliphatic rings. The van der Waals surface area contributed by atoms with Gasteiger partial charge in [-0.15, -0.1) is 0 Å². The van der Waals surface area contributed by atoms with Crippen LogP contribution in [0.4, 0.5) is 5.69 Å². The number of hydrogen-bond donors (Lipinski definition) is 0. The molecule has 0 N–H and O–H groups in total. The maximum atomic E-state index is 13.1. The summed E-state index contributed by atoms with van der Waals surface area (Å²) in [5, 5.41) is 11.3. The van der Waals surface area contributed by atoms with Crippen molar-refractivity contribution in [2.75, 3.05) is 12.8 Å². The molecule has 26 heavy (non-hydrogen) atoms. The first-order chi connectivity index (χ1) is 12.2. The molecule has 4 atom stereocenters. The van der Waals surface area contributed by atoms with Gasteiger partial charge in [-0.05, 0) is 62.0 Å². The topological polar surface area (TPSA) is 97.6 Å². The van der Waals surface area contributed by atoms with Crippen molar-refractivity contribution in [1.29, 1.82) is 0 Å². The van der Waals surface area contributed by atoms with E-state index in [4.69, 9.17) is 0 Å². The predicted molar refractivity (Wildman–Crippen MR) is 94.6 cm³/mol. The molecule has 2 unspecified atom stereocenters. The van der Waals surface area contributed by atoms with Crippen LogP contribution in [0.25, 0.3) is 0 Å². The molecule has 2 saturated heterocycles. The van der Waals surface area contributed by atoms with Crippen molar-refractivity contribution in [2.24, 2.45) is 17.8 Å². The number of amides is 1. The fourth-order valence-corrected chi connectivity index (χ4v) is 6.13. The first-order valence-electron chi connectivity index (χ1n) is 9.02. The zero-order valence-electron chi connectivity index (χ0n) is 14.6. The second-order valence-corrected chi connectivity index (χ2v) is 10.1. The summed E-state index contributed by atoms with van der Waals surface area (Å²) in [6.07, 6.45) is 6.57. The van der Waals surface area contributed by atoms with Crippen molar-refractivity contribution < 1.29 is 18.1 Å². The normalized spacial score (nSPS) is 30.3. The van der Waals surface area contributed by atoms with Gasteiger partial charge < -0.3 is 4.90 Å². The molecule has 0 aromatic heterocycles. The van der Waals surface area contributed by atoms with Gasteiger partial charge in [0.1, 0.15) is 4.90 Å². The smallest absolute Gasteiger partial charge is 0.288 e. The molecular formula is C18H22N2O5S. The highest BCUT2D eigenvalue weighted by atomic mass is 32.2. The Hall–Kier alpha value is -1.96. The van der Waals surface area contributed by atoms with Crippen LogP contribution in [0, 0.1) is 27.9 Å². The standard InChI is InChI=1S/C18H22N2O5S/c1-26(24,25)17-3-2-14(9-16(17)20(22)23)18(21)19-10-13-5-11-4-12(6-13)8-15(19)7-11/h2-3,9,11-13,15H,4-8,10H2,1H3/t11-,12+,13?,15?. The highest BCUT2D eigenvalue weighted by Gasteiger charge is 2.44. The average Bonchev–Trinajstić information content (AvgIpc) is 2.76. The van der Waals surface area contributed by atoms with Crippen molar-refractivity contribution in [1.82, 2.24) is 4.90 Å². The Labute approximate surface area is 152 Å². The van der Waals surface area contributed by atoms with E-state index in [9.17, 15) is 23.3 Å². The average molecular weight is 378 g/mol. The number of fused-ring (bicyclic) bond motifs is 1. The minimum atomic E-state index is -3.73. The monoisotopic (exact) mass is 378 g/mol. The van der Waals surface area contributed by atoms with Crippen LogP contribution in [0.1, 0.15) is 42.5 Å². The molecule has 0 radical (unpaired) electrons. The van der Waals surface area contributed by atoms with Crippen LogP contribution in [-0.4, -0.2) is 43.0 Å². The number of rotatable bonds is 3. The summed E-state index contributed by atoms with van der Waals surface area (Å²) in [5.74, 6) is 1.68. The van der Waals surface area contributed by atoms with Gasteiger partial charge in [-0.1, -0.05) is 0 Å². The Morgan fingerprint density at radius 1 is 1.12 bits per heavy atom. The highest BCUT2D eigenvalue weighted by Crippen LogP contribution is 2.47. The van der Waals surface area contributed by atoms with Gasteiger partial charge in [-0.3, -0.25) is 14.9 Å². The van der Waals surface area contributed by atoms with Gasteiger partial charge in [0.05, 0.1) is 4.92 Å². The zero-order chi connectivity index (χ0) is 18.6. The predicted octanol–water partition coefficient (Wildman–Crippen LogP) is 2.65. The maximum absolute atomic E-state index is 13.1. The van der Waals surface area contributed by atoms with Crippen LogP contribution in [-0.2, 0) is 9.84 Å². The van der Waals surface area contributed by atoms with E-state index in [1.165, 1.54) is 31.4 Å². The number of carbonyl (C=O) groups excluding carboxylic acids is 1. The molecule has 4 fully saturated rings. The lowest BCUT2D eigenvalue weighted by molar-refractivity contribution is -0.387. The van der Waals surface area contributed by atoms with Gasteiger partial charge in [0.2, 0.25) is 0 Å². The number of carbonyl (C=O) groups is 1. The summed E-state index contributed by atoms with van der Waals surface area (Å²) in [6.45, 7) is 0.706. The number of hydrogen-bond acceptors (Lipinski definition) is 5. The molecule has 7 nitrogen and oxygen atoms in total. The number of benzene rings is 1. The third-order valence-corrected chi connectivity index (χ3v) is 7.31. The van der Waals surface area contributed by atoms with Gasteiger partial charge in [0.15, 0.2) is 9.84 Å². The molecule has 5 rings (SSSR count). The van der Waals surface area contributed by atoms with E-state index in [0.29, 0.717) is 24.3 Å². The fraction of sp³-hybridized carbons (Fsp3) is 0.611. The third kappa shape index (κ3) is 3.00. The summed E-state index contributed by atoms with van der Waals surface area (Å²) in [5.41, 5.74) is -0.329. The molecule has 1 aromatic carbocycles. The van der Waals surface area contributed by atoms with E-state index in [0.717, 1.165) is 25.2 Å². The van der Waals surface area contributed by atoms with E-state index in [1.54, 1.807) is 0 Å². The summed E-state index contributed by atoms with van der Waals surface area (Å²) < 4.78 is 23.6. The van der Waals surface area contributed by atoms with Crippen LogP contribution in [0.5, 0.6) is 0 Å². The first kappa shape index (κ1) is 17.5. The Morgan fingerprint density at radius 3 is 2.31 bits per heavy atom. The molecule has 8 heteroatoms. The van der Waals surface area contributed by atoms with E-state index >= 15 is 0 Å². The molecule has 1 aromatic rings. The van der Waals surface area contributed by atoms with E-state index < -0.39 is 20.4 Å². The summed E-state index contributed by atoms with van der Waals surface area (Å²) in [7, 11) is -3.73. The van der Waals surface area contributed by atoms with Crippen molar-refractivity contribution in [3.63, 3.8) is 0 Å². The van der Waals surface area contributed by atoms with Gasteiger partial charge in [0.25, 0.3) is 11.6 Å². The molecule has 2 heterocycles. The zero-order valence-corrected chi connectivity index (χ0v) is 15.4. The van der Waals surface area contributed by atoms with E-state index in [1.807, 2.05) is 4.90 Å². The van der Waals surface area contributed by atoms with E-state index in [2.05, 4.69) is 0 Å². The number of nitro benzene ring substituents is 1. The van der Waals surface area contributed by atoms with Gasteiger partial charge >= 0.3 is 0 Å². The second kappa shape index (κ2) is 6.04. The Balaban J connectivity index is 1.68. The Kier molecular flexibility index (Phi) is 4.06. The lowest BCUT2D eigenvalue weighted by Gasteiger charge is -2.39. The SMILES string of the molecule is CS(=O)(=O)c1ccc(C(=O)N2CC3C[C@@H]4CC2C[C@H](C3)C4)cc1[N+](=O)[O-]. The van der Waals surface area contributed by atoms with Crippen molar-refractivity contribution >= 4 is 21.4 Å². The third-order valence-electron chi connectivity index (χ3n) is 6.17. The molecule has 0 spiro atoms. The molecule has 4 bridgehead atoms. The largest absolute Gasteiger partial charge is 0.335 e. The van der Waals surface area contributed by atoms with Crippen molar-refractivity contribution in [3.05, 3.63) is 33.9 Å². The lowest BCUT2D eigenvalue weighted by Crippen LogP contribution is -2.42. The highest BCUT2D eigenvalue weighted by molar-refractivity contribution is 7.90. The summed E-state index contributed by atoms with van der Waals surface area (Å²) >= 11 is 0. The fourth-order valence-electron chi connectivity index (χ4n) is 5.31. The molecule has 2 saturated carbocycles. The minimum absolute atomic E-state index is 0.199. The maximum Gasteiger partial charge on any atom is 0.288 e. The number of nitro groups is 1. The minimum Gasteiger partial charge on any atom is -0.335 e. The van der Waals surface area contributed by atoms with Gasteiger partial charge in [-0.25, -0.2) is 8.42 Å². The van der Waals surface area contributed by atoms with Crippen LogP contribution in [0.2, 0.25) is 0 Å². The summed E-state index contributed by atoms with van der Waals surface area (Å²) in [4.78, 5) is 25.2. The number of nitrogens with zero attached hydrogens (tertiary/aromatic N) is 2. The van der Waals surface area contributed by atoms with Crippen molar-refractivity contribution in [3.8, 4) is 0 Å². The Morgan fingerprint density at radius 2 is 1.73 bits per heavy atom. The van der Waals surface area contributed by atoms with Crippen LogP contribution >= 0.6 is 0 Å². The summed E-state index contributed by atoms with van der Waals surface area (Å²) in [6, 6.07) is 3.91. The molecule has 140 valence electrons. The van der Waals surface area contributed by atoms with Gasteiger partial charge in [-0.2, -0.15) is 0 Å². The first-order valence-corrected chi connectivity index (χ1v) is 10.9. The van der Waals surface area contributed by atoms with Gasteiger partial charge in [0, 0.05) is 30.5 Å². The van der Waals surface area contributed by atoms with E-state index in [-0.39, 0.29) is 22.4 Å². The molecule has 1 amide bonds. The second-order valence-electron chi connectivity index (χ2n) is 8.10. The lowest BCUT2D eigenvalue weighted by atomic mass is 9.68. The molecular weight excluding hydrogens is 356 g/mol.